The Morgan fingerprint density at radius 3 is 2.52 bits per heavy atom. The number of likely N-dealkylation sites (tertiary alicyclic amines) is 1. The molecule has 1 aliphatic heterocycles. The van der Waals surface area contributed by atoms with Crippen LogP contribution in [0.15, 0.2) is 6.20 Å². The molecule has 1 aromatic heterocycles. The first-order valence-corrected chi connectivity index (χ1v) is 7.91. The quantitative estimate of drug-likeness (QED) is 0.892. The van der Waals surface area contributed by atoms with Crippen LogP contribution >= 0.6 is 0 Å². The number of aliphatic carboxylic acids is 1. The molecule has 7 heteroatoms. The Hall–Kier alpha value is -2.18. The van der Waals surface area contributed by atoms with Gasteiger partial charge in [0.1, 0.15) is 0 Å². The fourth-order valence-corrected chi connectivity index (χ4v) is 3.31. The normalized spacial score (nSPS) is 23.9. The van der Waals surface area contributed by atoms with Crippen molar-refractivity contribution in [1.29, 1.82) is 0 Å². The molecule has 2 heterocycles. The van der Waals surface area contributed by atoms with Gasteiger partial charge < -0.3 is 14.9 Å². The first-order valence-electron chi connectivity index (χ1n) is 7.91. The molecular weight excluding hydrogens is 296 g/mol. The van der Waals surface area contributed by atoms with Crippen molar-refractivity contribution in [3.8, 4) is 0 Å². The third kappa shape index (κ3) is 3.00. The standard InChI is InChI=1S/C16H22N4O3/c1-9-11(6-17-16(18-9)19(2)3)14(21)20-7-12(10-4-5-10)13(8-20)15(22)23/h6,10,12-13H,4-5,7-8H2,1-3H3,(H,22,23)/t12-,13+/m0/s1. The minimum atomic E-state index is -0.798. The number of anilines is 1. The molecule has 1 saturated heterocycles. The zero-order chi connectivity index (χ0) is 16.7. The summed E-state index contributed by atoms with van der Waals surface area (Å²) in [6, 6.07) is 0. The molecule has 0 unspecified atom stereocenters. The van der Waals surface area contributed by atoms with Crippen molar-refractivity contribution in [2.75, 3.05) is 32.1 Å². The van der Waals surface area contributed by atoms with Crippen LogP contribution in [0.1, 0.15) is 28.9 Å². The number of carboxylic acids is 1. The number of aromatic nitrogens is 2. The summed E-state index contributed by atoms with van der Waals surface area (Å²) in [7, 11) is 3.68. The Morgan fingerprint density at radius 1 is 1.30 bits per heavy atom. The van der Waals surface area contributed by atoms with Gasteiger partial charge in [0, 0.05) is 33.4 Å². The summed E-state index contributed by atoms with van der Waals surface area (Å²) >= 11 is 0. The summed E-state index contributed by atoms with van der Waals surface area (Å²) < 4.78 is 0. The molecule has 0 aromatic carbocycles. The van der Waals surface area contributed by atoms with Gasteiger partial charge in [-0.05, 0) is 31.6 Å². The van der Waals surface area contributed by atoms with Gasteiger partial charge in [-0.3, -0.25) is 9.59 Å². The molecule has 2 fully saturated rings. The van der Waals surface area contributed by atoms with E-state index in [-0.39, 0.29) is 18.4 Å². The van der Waals surface area contributed by atoms with E-state index in [2.05, 4.69) is 9.97 Å². The van der Waals surface area contributed by atoms with Crippen LogP contribution in [0.4, 0.5) is 5.95 Å². The molecule has 1 amide bonds. The molecule has 1 aliphatic carbocycles. The number of amides is 1. The molecule has 124 valence electrons. The van der Waals surface area contributed by atoms with Crippen LogP contribution in [0.2, 0.25) is 0 Å². The SMILES string of the molecule is Cc1nc(N(C)C)ncc1C(=O)N1C[C@@H](C(=O)O)[C@H](C2CC2)C1. The lowest BCUT2D eigenvalue weighted by Crippen LogP contribution is -2.31. The van der Waals surface area contributed by atoms with Gasteiger partial charge in [0.15, 0.2) is 0 Å². The maximum Gasteiger partial charge on any atom is 0.308 e. The number of nitrogens with zero attached hydrogens (tertiary/aromatic N) is 4. The molecular formula is C16H22N4O3. The summed E-state index contributed by atoms with van der Waals surface area (Å²) in [4.78, 5) is 36.2. The average Bonchev–Trinajstić information content (AvgIpc) is 3.24. The van der Waals surface area contributed by atoms with Crippen LogP contribution in [0, 0.1) is 24.7 Å². The molecule has 0 bridgehead atoms. The van der Waals surface area contributed by atoms with Crippen molar-refractivity contribution in [3.63, 3.8) is 0 Å². The zero-order valence-electron chi connectivity index (χ0n) is 13.7. The molecule has 1 saturated carbocycles. The summed E-state index contributed by atoms with van der Waals surface area (Å²) in [5, 5.41) is 9.41. The average molecular weight is 318 g/mol. The smallest absolute Gasteiger partial charge is 0.308 e. The van der Waals surface area contributed by atoms with E-state index in [0.29, 0.717) is 29.7 Å². The molecule has 0 radical (unpaired) electrons. The number of carbonyl (C=O) groups excluding carboxylic acids is 1. The fraction of sp³-hybridized carbons (Fsp3) is 0.625. The van der Waals surface area contributed by atoms with Crippen LogP contribution < -0.4 is 4.90 Å². The van der Waals surface area contributed by atoms with Gasteiger partial charge in [0.2, 0.25) is 5.95 Å². The lowest BCUT2D eigenvalue weighted by molar-refractivity contribution is -0.142. The highest BCUT2D eigenvalue weighted by atomic mass is 16.4. The second-order valence-corrected chi connectivity index (χ2v) is 6.72. The van der Waals surface area contributed by atoms with Crippen LogP contribution in [-0.4, -0.2) is 59.0 Å². The maximum atomic E-state index is 12.7. The van der Waals surface area contributed by atoms with E-state index in [4.69, 9.17) is 0 Å². The molecule has 7 nitrogen and oxygen atoms in total. The second-order valence-electron chi connectivity index (χ2n) is 6.72. The first-order chi connectivity index (χ1) is 10.9. The van der Waals surface area contributed by atoms with Gasteiger partial charge in [-0.2, -0.15) is 0 Å². The van der Waals surface area contributed by atoms with Gasteiger partial charge in [0.05, 0.1) is 17.2 Å². The minimum absolute atomic E-state index is 0.0822. The maximum absolute atomic E-state index is 12.7. The predicted octanol–water partition coefficient (Wildman–Crippen LogP) is 1.03. The van der Waals surface area contributed by atoms with Crippen LogP contribution in [0.25, 0.3) is 0 Å². The van der Waals surface area contributed by atoms with Crippen LogP contribution in [0.3, 0.4) is 0 Å². The molecule has 3 rings (SSSR count). The lowest BCUT2D eigenvalue weighted by Gasteiger charge is -2.18. The van der Waals surface area contributed by atoms with Crippen molar-refractivity contribution in [1.82, 2.24) is 14.9 Å². The van der Waals surface area contributed by atoms with Crippen LogP contribution in [-0.2, 0) is 4.79 Å². The van der Waals surface area contributed by atoms with Gasteiger partial charge in [-0.25, -0.2) is 9.97 Å². The monoisotopic (exact) mass is 318 g/mol. The zero-order valence-corrected chi connectivity index (χ0v) is 13.7. The first kappa shape index (κ1) is 15.7. The summed E-state index contributed by atoms with van der Waals surface area (Å²) in [6.07, 6.45) is 3.70. The molecule has 0 spiro atoms. The van der Waals surface area contributed by atoms with Gasteiger partial charge in [-0.15, -0.1) is 0 Å². The van der Waals surface area contributed by atoms with E-state index in [1.165, 1.54) is 0 Å². The van der Waals surface area contributed by atoms with Gasteiger partial charge in [-0.1, -0.05) is 0 Å². The lowest BCUT2D eigenvalue weighted by atomic mass is 9.92. The Bertz CT molecular complexity index is 642. The highest BCUT2D eigenvalue weighted by molar-refractivity contribution is 5.95. The van der Waals surface area contributed by atoms with Crippen molar-refractivity contribution in [2.45, 2.75) is 19.8 Å². The van der Waals surface area contributed by atoms with Crippen molar-refractivity contribution in [3.05, 3.63) is 17.5 Å². The molecule has 2 atom stereocenters. The van der Waals surface area contributed by atoms with E-state index in [1.807, 2.05) is 14.1 Å². The van der Waals surface area contributed by atoms with Crippen molar-refractivity contribution < 1.29 is 14.7 Å². The topological polar surface area (TPSA) is 86.6 Å². The van der Waals surface area contributed by atoms with Gasteiger partial charge in [0.25, 0.3) is 5.91 Å². The van der Waals surface area contributed by atoms with Crippen LogP contribution in [0.5, 0.6) is 0 Å². The van der Waals surface area contributed by atoms with Crippen molar-refractivity contribution in [2.24, 2.45) is 17.8 Å². The van der Waals surface area contributed by atoms with Crippen molar-refractivity contribution >= 4 is 17.8 Å². The Balaban J connectivity index is 1.79. The molecule has 2 aliphatic rings. The van der Waals surface area contributed by atoms with E-state index >= 15 is 0 Å². The Labute approximate surface area is 135 Å². The largest absolute Gasteiger partial charge is 0.481 e. The summed E-state index contributed by atoms with van der Waals surface area (Å²) in [5.41, 5.74) is 1.08. The summed E-state index contributed by atoms with van der Waals surface area (Å²) in [5.74, 6) is -0.315. The number of hydrogen-bond acceptors (Lipinski definition) is 5. The number of rotatable bonds is 4. The number of aryl methyl sites for hydroxylation is 1. The predicted molar refractivity (Wildman–Crippen MR) is 84.3 cm³/mol. The van der Waals surface area contributed by atoms with Gasteiger partial charge >= 0.3 is 5.97 Å². The van der Waals surface area contributed by atoms with E-state index in [1.54, 1.807) is 22.9 Å². The molecule has 23 heavy (non-hydrogen) atoms. The second kappa shape index (κ2) is 5.79. The van der Waals surface area contributed by atoms with E-state index in [9.17, 15) is 14.7 Å². The highest BCUT2D eigenvalue weighted by Crippen LogP contribution is 2.44. The Morgan fingerprint density at radius 2 is 2.00 bits per heavy atom. The van der Waals surface area contributed by atoms with E-state index < -0.39 is 11.9 Å². The number of carbonyl (C=O) groups is 2. The number of hydrogen-bond donors (Lipinski definition) is 1. The molecule has 1 aromatic rings. The molecule has 1 N–H and O–H groups in total. The highest BCUT2D eigenvalue weighted by Gasteiger charge is 2.47. The minimum Gasteiger partial charge on any atom is -0.481 e. The fourth-order valence-electron chi connectivity index (χ4n) is 3.31. The third-order valence-corrected chi connectivity index (χ3v) is 4.79. The van der Waals surface area contributed by atoms with E-state index in [0.717, 1.165) is 12.8 Å². The Kier molecular flexibility index (Phi) is 3.95. The number of carboxylic acid groups (broad SMARTS) is 1. The third-order valence-electron chi connectivity index (χ3n) is 4.79. The summed E-state index contributed by atoms with van der Waals surface area (Å²) in [6.45, 7) is 2.59.